The van der Waals surface area contributed by atoms with Crippen LogP contribution in [0, 0.1) is 0 Å². The lowest BCUT2D eigenvalue weighted by Gasteiger charge is -2.22. The smallest absolute Gasteiger partial charge is 0.279 e. The molecule has 0 spiro atoms. The number of sulfonamides is 1. The van der Waals surface area contributed by atoms with Crippen molar-refractivity contribution in [1.29, 1.82) is 0 Å². The number of carbonyl (C=O) groups is 1. The maximum Gasteiger partial charge on any atom is 0.279 e. The van der Waals surface area contributed by atoms with Crippen LogP contribution in [-0.2, 0) is 14.8 Å². The number of carbonyl (C=O) groups excluding carboxylic acids is 1. The summed E-state index contributed by atoms with van der Waals surface area (Å²) in [7, 11) is -1.86. The minimum absolute atomic E-state index is 0.0208. The lowest BCUT2D eigenvalue weighted by Crippen LogP contribution is -3.13. The molecule has 0 saturated carbocycles. The van der Waals surface area contributed by atoms with Crippen molar-refractivity contribution in [2.75, 3.05) is 38.5 Å². The summed E-state index contributed by atoms with van der Waals surface area (Å²) in [6, 6.07) is 6.43. The summed E-state index contributed by atoms with van der Waals surface area (Å²) in [6.45, 7) is 5.11. The molecule has 0 aliphatic carbocycles. The topological polar surface area (TPSA) is 70.9 Å². The summed E-state index contributed by atoms with van der Waals surface area (Å²) in [5.41, 5.74) is 0.636. The fourth-order valence-electron chi connectivity index (χ4n) is 3.05. The third-order valence-electron chi connectivity index (χ3n) is 4.64. The van der Waals surface area contributed by atoms with Crippen LogP contribution in [0.25, 0.3) is 0 Å². The van der Waals surface area contributed by atoms with Crippen molar-refractivity contribution in [3.05, 3.63) is 24.3 Å². The van der Waals surface area contributed by atoms with Crippen molar-refractivity contribution in [2.45, 2.75) is 43.9 Å². The zero-order valence-electron chi connectivity index (χ0n) is 15.3. The molecule has 140 valence electrons. The number of nitrogens with zero attached hydrogens (tertiary/aromatic N) is 1. The highest BCUT2D eigenvalue weighted by Crippen LogP contribution is 2.17. The van der Waals surface area contributed by atoms with Crippen molar-refractivity contribution < 1.29 is 18.1 Å². The third kappa shape index (κ3) is 5.80. The van der Waals surface area contributed by atoms with Gasteiger partial charge in [-0.3, -0.25) is 4.79 Å². The molecule has 0 bridgehead atoms. The number of hydrogen-bond acceptors (Lipinski definition) is 3. The van der Waals surface area contributed by atoms with Crippen LogP contribution in [0.1, 0.15) is 39.0 Å². The summed E-state index contributed by atoms with van der Waals surface area (Å²) in [5, 5.41) is 2.86. The maximum absolute atomic E-state index is 12.5. The van der Waals surface area contributed by atoms with E-state index in [0.717, 1.165) is 25.9 Å². The molecule has 1 saturated heterocycles. The molecule has 2 rings (SSSR count). The van der Waals surface area contributed by atoms with Crippen LogP contribution in [-0.4, -0.2) is 51.9 Å². The van der Waals surface area contributed by atoms with Gasteiger partial charge in [0.2, 0.25) is 10.0 Å². The molecule has 1 aliphatic heterocycles. The number of hydrogen-bond donors (Lipinski definition) is 2. The van der Waals surface area contributed by atoms with E-state index in [-0.39, 0.29) is 10.8 Å². The Balaban J connectivity index is 1.93. The number of quaternary nitrogens is 1. The van der Waals surface area contributed by atoms with Gasteiger partial charge in [0, 0.05) is 19.3 Å². The number of likely N-dealkylation sites (tertiary alicyclic amines) is 1. The molecule has 0 atom stereocenters. The Labute approximate surface area is 151 Å². The molecule has 1 aliphatic rings. The number of amides is 1. The molecule has 25 heavy (non-hydrogen) atoms. The average Bonchev–Trinajstić information content (AvgIpc) is 2.60. The minimum atomic E-state index is -3.46. The second-order valence-electron chi connectivity index (χ2n) is 6.74. The second-order valence-corrected chi connectivity index (χ2v) is 8.79. The monoisotopic (exact) mass is 368 g/mol. The lowest BCUT2D eigenvalue weighted by molar-refractivity contribution is -0.896. The van der Waals surface area contributed by atoms with E-state index in [0.29, 0.717) is 18.8 Å². The van der Waals surface area contributed by atoms with Crippen LogP contribution in [0.4, 0.5) is 5.69 Å². The van der Waals surface area contributed by atoms with Crippen molar-refractivity contribution >= 4 is 21.6 Å². The highest BCUT2D eigenvalue weighted by Gasteiger charge is 2.21. The van der Waals surface area contributed by atoms with Gasteiger partial charge in [0.25, 0.3) is 5.91 Å². The Morgan fingerprint density at radius 1 is 1.16 bits per heavy atom. The van der Waals surface area contributed by atoms with Crippen molar-refractivity contribution in [1.82, 2.24) is 4.31 Å². The highest BCUT2D eigenvalue weighted by molar-refractivity contribution is 7.89. The number of benzene rings is 1. The molecule has 0 radical (unpaired) electrons. The summed E-state index contributed by atoms with van der Waals surface area (Å²) in [6.07, 6.45) is 5.40. The summed E-state index contributed by atoms with van der Waals surface area (Å²) in [4.78, 5) is 13.7. The molecule has 1 aromatic rings. The number of piperidine rings is 1. The number of nitrogens with one attached hydrogen (secondary N) is 2. The van der Waals surface area contributed by atoms with Gasteiger partial charge >= 0.3 is 0 Å². The van der Waals surface area contributed by atoms with E-state index in [1.807, 2.05) is 6.92 Å². The van der Waals surface area contributed by atoms with Crippen LogP contribution in [0.5, 0.6) is 0 Å². The molecule has 1 heterocycles. The average molecular weight is 369 g/mol. The molecule has 0 unspecified atom stereocenters. The first kappa shape index (κ1) is 19.9. The Kier molecular flexibility index (Phi) is 7.40. The fraction of sp³-hybridized carbons (Fsp3) is 0.611. The largest absolute Gasteiger partial charge is 0.327 e. The van der Waals surface area contributed by atoms with Crippen LogP contribution >= 0.6 is 0 Å². The quantitative estimate of drug-likeness (QED) is 0.722. The SMILES string of the molecule is CCCCN(C)S(=O)(=O)c1ccc(NC(=O)C[NH+]2CCCCC2)cc1. The van der Waals surface area contributed by atoms with E-state index >= 15 is 0 Å². The van der Waals surface area contributed by atoms with Gasteiger partial charge in [-0.1, -0.05) is 13.3 Å². The molecule has 1 amide bonds. The van der Waals surface area contributed by atoms with E-state index in [9.17, 15) is 13.2 Å². The Hall–Kier alpha value is -1.44. The lowest BCUT2D eigenvalue weighted by atomic mass is 10.1. The molecule has 6 nitrogen and oxygen atoms in total. The second kappa shape index (κ2) is 9.31. The van der Waals surface area contributed by atoms with Crippen LogP contribution in [0.15, 0.2) is 29.2 Å². The van der Waals surface area contributed by atoms with E-state index in [1.165, 1.54) is 28.5 Å². The molecule has 1 aromatic carbocycles. The molecule has 7 heteroatoms. The van der Waals surface area contributed by atoms with E-state index in [1.54, 1.807) is 31.3 Å². The van der Waals surface area contributed by atoms with Gasteiger partial charge in [-0.25, -0.2) is 12.7 Å². The van der Waals surface area contributed by atoms with Crippen molar-refractivity contribution in [3.63, 3.8) is 0 Å². The first-order chi connectivity index (χ1) is 11.9. The third-order valence-corrected chi connectivity index (χ3v) is 6.52. The molecular formula is C18H30N3O3S+. The Morgan fingerprint density at radius 3 is 2.40 bits per heavy atom. The zero-order valence-corrected chi connectivity index (χ0v) is 16.1. The van der Waals surface area contributed by atoms with Crippen molar-refractivity contribution in [2.24, 2.45) is 0 Å². The van der Waals surface area contributed by atoms with Gasteiger partial charge in [-0.2, -0.15) is 0 Å². The van der Waals surface area contributed by atoms with Gasteiger partial charge in [0.05, 0.1) is 18.0 Å². The van der Waals surface area contributed by atoms with Crippen LogP contribution in [0.2, 0.25) is 0 Å². The van der Waals surface area contributed by atoms with Gasteiger partial charge in [0.15, 0.2) is 6.54 Å². The Morgan fingerprint density at radius 2 is 1.80 bits per heavy atom. The summed E-state index contributed by atoms with van der Waals surface area (Å²) >= 11 is 0. The maximum atomic E-state index is 12.5. The van der Waals surface area contributed by atoms with Gasteiger partial charge < -0.3 is 10.2 Å². The summed E-state index contributed by atoms with van der Waals surface area (Å²) in [5.74, 6) is -0.0208. The molecule has 0 aromatic heterocycles. The highest BCUT2D eigenvalue weighted by atomic mass is 32.2. The predicted octanol–water partition coefficient (Wildman–Crippen LogP) is 1.11. The first-order valence-electron chi connectivity index (χ1n) is 9.13. The molecular weight excluding hydrogens is 338 g/mol. The number of unbranched alkanes of at least 4 members (excludes halogenated alkanes) is 1. The van der Waals surface area contributed by atoms with E-state index in [4.69, 9.17) is 0 Å². The molecule has 1 fully saturated rings. The minimum Gasteiger partial charge on any atom is -0.327 e. The Bertz CT molecular complexity index is 653. The summed E-state index contributed by atoms with van der Waals surface area (Å²) < 4.78 is 26.3. The standard InChI is InChI=1S/C18H29N3O3S/c1-3-4-12-20(2)25(23,24)17-10-8-16(9-11-17)19-18(22)15-21-13-6-5-7-14-21/h8-11H,3-7,12-15H2,1-2H3,(H,19,22)/p+1. The van der Waals surface area contributed by atoms with Crippen molar-refractivity contribution in [3.8, 4) is 0 Å². The van der Waals surface area contributed by atoms with Crippen LogP contribution in [0.3, 0.4) is 0 Å². The van der Waals surface area contributed by atoms with E-state index < -0.39 is 10.0 Å². The van der Waals surface area contributed by atoms with Gasteiger partial charge in [0.1, 0.15) is 0 Å². The predicted molar refractivity (Wildman–Crippen MR) is 99.2 cm³/mol. The van der Waals surface area contributed by atoms with Crippen LogP contribution < -0.4 is 10.2 Å². The fourth-order valence-corrected chi connectivity index (χ4v) is 4.26. The number of anilines is 1. The van der Waals surface area contributed by atoms with Gasteiger partial charge in [-0.15, -0.1) is 0 Å². The zero-order chi connectivity index (χ0) is 18.3. The normalized spacial score (nSPS) is 16.1. The number of rotatable bonds is 8. The van der Waals surface area contributed by atoms with E-state index in [2.05, 4.69) is 5.32 Å². The molecule has 2 N–H and O–H groups in total. The van der Waals surface area contributed by atoms with Gasteiger partial charge in [-0.05, 0) is 49.9 Å². The first-order valence-corrected chi connectivity index (χ1v) is 10.6.